The number of fused-ring (bicyclic) bond motifs is 1. The van der Waals surface area contributed by atoms with Gasteiger partial charge in [-0.1, -0.05) is 12.1 Å². The van der Waals surface area contributed by atoms with E-state index in [1.807, 2.05) is 24.3 Å². The maximum Gasteiger partial charge on any atom is 0.241 e. The van der Waals surface area contributed by atoms with Crippen LogP contribution in [0.5, 0.6) is 11.5 Å². The maximum atomic E-state index is 13.0. The zero-order valence-electron chi connectivity index (χ0n) is 17.1. The number of amides is 2. The van der Waals surface area contributed by atoms with E-state index in [0.717, 1.165) is 42.8 Å². The predicted molar refractivity (Wildman–Crippen MR) is 108 cm³/mol. The van der Waals surface area contributed by atoms with Gasteiger partial charge in [0.2, 0.25) is 11.8 Å². The average molecular weight is 399 g/mol. The van der Waals surface area contributed by atoms with Crippen LogP contribution in [0.4, 0.5) is 0 Å². The monoisotopic (exact) mass is 398 g/mol. The number of ether oxygens (including phenoxy) is 2. The fourth-order valence-corrected chi connectivity index (χ4v) is 6.43. The van der Waals surface area contributed by atoms with E-state index in [2.05, 4.69) is 5.32 Å². The van der Waals surface area contributed by atoms with Crippen LogP contribution >= 0.6 is 0 Å². The van der Waals surface area contributed by atoms with Crippen molar-refractivity contribution in [3.8, 4) is 11.5 Å². The van der Waals surface area contributed by atoms with Crippen LogP contribution in [0, 0.1) is 23.2 Å². The second-order valence-corrected chi connectivity index (χ2v) is 9.65. The fraction of sp³-hybridized carbons (Fsp3) is 0.652. The molecule has 6 heteroatoms. The quantitative estimate of drug-likeness (QED) is 0.828. The Kier molecular flexibility index (Phi) is 4.67. The molecule has 1 atom stereocenters. The number of hydrogen-bond acceptors (Lipinski definition) is 4. The predicted octanol–water partition coefficient (Wildman–Crippen LogP) is 2.62. The van der Waals surface area contributed by atoms with Crippen molar-refractivity contribution in [3.63, 3.8) is 0 Å². The Morgan fingerprint density at radius 1 is 1.07 bits per heavy atom. The van der Waals surface area contributed by atoms with Crippen LogP contribution < -0.4 is 14.8 Å². The number of para-hydroxylation sites is 2. The molecule has 1 heterocycles. The average Bonchev–Trinajstić information content (AvgIpc) is 2.70. The van der Waals surface area contributed by atoms with E-state index in [1.165, 1.54) is 19.3 Å². The maximum absolute atomic E-state index is 13.0. The van der Waals surface area contributed by atoms with Crippen LogP contribution in [-0.2, 0) is 9.59 Å². The first-order chi connectivity index (χ1) is 14.0. The number of benzene rings is 1. The molecule has 1 aromatic carbocycles. The summed E-state index contributed by atoms with van der Waals surface area (Å²) in [6, 6.07) is 7.56. The summed E-state index contributed by atoms with van der Waals surface area (Å²) in [5.41, 5.74) is -0.211. The topological polar surface area (TPSA) is 67.9 Å². The number of carbonyl (C=O) groups excluding carboxylic acids is 2. The molecule has 0 radical (unpaired) electrons. The van der Waals surface area contributed by atoms with Crippen molar-refractivity contribution in [1.29, 1.82) is 0 Å². The minimum absolute atomic E-state index is 0.0568. The van der Waals surface area contributed by atoms with E-state index in [1.54, 1.807) is 11.9 Å². The van der Waals surface area contributed by atoms with Crippen LogP contribution in [0.3, 0.4) is 0 Å². The lowest BCUT2D eigenvalue weighted by Gasteiger charge is -2.55. The Labute approximate surface area is 171 Å². The van der Waals surface area contributed by atoms with Gasteiger partial charge in [-0.3, -0.25) is 9.59 Å². The molecule has 29 heavy (non-hydrogen) atoms. The van der Waals surface area contributed by atoms with Gasteiger partial charge in [-0.25, -0.2) is 0 Å². The Balaban J connectivity index is 1.13. The van der Waals surface area contributed by atoms with E-state index in [4.69, 9.17) is 9.47 Å². The third kappa shape index (κ3) is 3.58. The molecule has 4 saturated carbocycles. The van der Waals surface area contributed by atoms with Gasteiger partial charge in [0.1, 0.15) is 6.61 Å². The second-order valence-electron chi connectivity index (χ2n) is 9.65. The SMILES string of the molecule is CN(CC1COc2ccccc2O1)C(=O)CNC(=O)C12CC3CC(CC(C3)C1)C2. The number of likely N-dealkylation sites (N-methyl/N-ethyl adjacent to an activating group) is 1. The van der Waals surface area contributed by atoms with Gasteiger partial charge in [0.05, 0.1) is 13.1 Å². The second kappa shape index (κ2) is 7.22. The molecule has 4 aliphatic carbocycles. The van der Waals surface area contributed by atoms with Gasteiger partial charge in [0, 0.05) is 12.5 Å². The summed E-state index contributed by atoms with van der Waals surface area (Å²) in [6.07, 6.45) is 6.75. The molecule has 5 aliphatic rings. The minimum atomic E-state index is -0.211. The molecule has 1 unspecified atom stereocenters. The lowest BCUT2D eigenvalue weighted by Crippen LogP contribution is -2.55. The van der Waals surface area contributed by atoms with Crippen molar-refractivity contribution < 1.29 is 19.1 Å². The standard InChI is InChI=1S/C23H30N2O4/c1-25(13-18-14-28-19-4-2-3-5-20(19)29-18)21(26)12-24-22(27)23-9-15-6-16(10-23)8-17(7-15)11-23/h2-5,15-18H,6-14H2,1H3,(H,24,27). The summed E-state index contributed by atoms with van der Waals surface area (Å²) in [5.74, 6) is 3.61. The number of hydrogen-bond donors (Lipinski definition) is 1. The molecule has 6 rings (SSSR count). The molecule has 0 aromatic heterocycles. The smallest absolute Gasteiger partial charge is 0.241 e. The van der Waals surface area contributed by atoms with Crippen LogP contribution in [0.15, 0.2) is 24.3 Å². The largest absolute Gasteiger partial charge is 0.486 e. The van der Waals surface area contributed by atoms with E-state index >= 15 is 0 Å². The first-order valence-corrected chi connectivity index (χ1v) is 10.9. The molecule has 0 saturated heterocycles. The molecule has 4 fully saturated rings. The van der Waals surface area contributed by atoms with Gasteiger partial charge in [0.15, 0.2) is 17.6 Å². The summed E-state index contributed by atoms with van der Waals surface area (Å²) in [5, 5.41) is 2.97. The first kappa shape index (κ1) is 18.8. The summed E-state index contributed by atoms with van der Waals surface area (Å²) in [7, 11) is 1.75. The fourth-order valence-electron chi connectivity index (χ4n) is 6.43. The molecular weight excluding hydrogens is 368 g/mol. The third-order valence-corrected chi connectivity index (χ3v) is 7.39. The van der Waals surface area contributed by atoms with E-state index in [9.17, 15) is 9.59 Å². The zero-order chi connectivity index (χ0) is 20.0. The summed E-state index contributed by atoms with van der Waals surface area (Å²) in [4.78, 5) is 27.3. The number of rotatable bonds is 5. The van der Waals surface area contributed by atoms with Crippen molar-refractivity contribution in [3.05, 3.63) is 24.3 Å². The highest BCUT2D eigenvalue weighted by Crippen LogP contribution is 2.60. The van der Waals surface area contributed by atoms with Gasteiger partial charge >= 0.3 is 0 Å². The van der Waals surface area contributed by atoms with E-state index < -0.39 is 0 Å². The highest BCUT2D eigenvalue weighted by atomic mass is 16.6. The van der Waals surface area contributed by atoms with Gasteiger partial charge in [0.25, 0.3) is 0 Å². The highest BCUT2D eigenvalue weighted by molar-refractivity contribution is 5.88. The van der Waals surface area contributed by atoms with Crippen molar-refractivity contribution in [1.82, 2.24) is 10.2 Å². The Morgan fingerprint density at radius 3 is 2.34 bits per heavy atom. The summed E-state index contributed by atoms with van der Waals surface area (Å²) in [6.45, 7) is 0.899. The number of carbonyl (C=O) groups is 2. The molecule has 156 valence electrons. The highest BCUT2D eigenvalue weighted by Gasteiger charge is 2.54. The molecule has 2 amide bonds. The molecule has 6 nitrogen and oxygen atoms in total. The summed E-state index contributed by atoms with van der Waals surface area (Å²) >= 11 is 0. The molecule has 1 aromatic rings. The summed E-state index contributed by atoms with van der Waals surface area (Å²) < 4.78 is 11.7. The van der Waals surface area contributed by atoms with Gasteiger partial charge in [-0.2, -0.15) is 0 Å². The lowest BCUT2D eigenvalue weighted by molar-refractivity contribution is -0.148. The molecule has 0 spiro atoms. The molecule has 1 aliphatic heterocycles. The van der Waals surface area contributed by atoms with Crippen molar-refractivity contribution in [2.24, 2.45) is 23.2 Å². The minimum Gasteiger partial charge on any atom is -0.486 e. The van der Waals surface area contributed by atoms with Crippen molar-refractivity contribution in [2.45, 2.75) is 44.6 Å². The van der Waals surface area contributed by atoms with Crippen LogP contribution in [0.25, 0.3) is 0 Å². The number of nitrogens with one attached hydrogen (secondary N) is 1. The Hall–Kier alpha value is -2.24. The molecular formula is C23H30N2O4. The Morgan fingerprint density at radius 2 is 1.69 bits per heavy atom. The van der Waals surface area contributed by atoms with E-state index in [0.29, 0.717) is 18.9 Å². The van der Waals surface area contributed by atoms with E-state index in [-0.39, 0.29) is 29.9 Å². The molecule has 4 bridgehead atoms. The Bertz CT molecular complexity index is 773. The van der Waals surface area contributed by atoms with Crippen LogP contribution in [-0.4, -0.2) is 49.6 Å². The van der Waals surface area contributed by atoms with Gasteiger partial charge in [-0.15, -0.1) is 0 Å². The van der Waals surface area contributed by atoms with Gasteiger partial charge in [-0.05, 0) is 68.4 Å². The van der Waals surface area contributed by atoms with Gasteiger partial charge < -0.3 is 19.7 Å². The van der Waals surface area contributed by atoms with Crippen LogP contribution in [0.1, 0.15) is 38.5 Å². The zero-order valence-corrected chi connectivity index (χ0v) is 17.1. The lowest BCUT2D eigenvalue weighted by atomic mass is 9.49. The van der Waals surface area contributed by atoms with Crippen molar-refractivity contribution in [2.75, 3.05) is 26.7 Å². The number of nitrogens with zero attached hydrogens (tertiary/aromatic N) is 1. The normalized spacial score (nSPS) is 34.0. The molecule has 1 N–H and O–H groups in total. The third-order valence-electron chi connectivity index (χ3n) is 7.39. The van der Waals surface area contributed by atoms with Crippen LogP contribution in [0.2, 0.25) is 0 Å². The first-order valence-electron chi connectivity index (χ1n) is 10.9. The van der Waals surface area contributed by atoms with Crippen molar-refractivity contribution >= 4 is 11.8 Å².